The molecule has 28 heavy (non-hydrogen) atoms. The first kappa shape index (κ1) is 17.7. The summed E-state index contributed by atoms with van der Waals surface area (Å²) in [6.45, 7) is 4.01. The number of carbonyl (C=O) groups is 1. The van der Waals surface area contributed by atoms with Gasteiger partial charge in [-0.1, -0.05) is 12.1 Å². The molecular formula is C20H21N7O. The van der Waals surface area contributed by atoms with Crippen LogP contribution in [-0.4, -0.2) is 35.0 Å². The third-order valence-corrected chi connectivity index (χ3v) is 4.73. The van der Waals surface area contributed by atoms with E-state index in [0.29, 0.717) is 11.3 Å². The van der Waals surface area contributed by atoms with Crippen LogP contribution >= 0.6 is 0 Å². The predicted octanol–water partition coefficient (Wildman–Crippen LogP) is 2.88. The van der Waals surface area contributed by atoms with E-state index in [0.717, 1.165) is 28.6 Å². The summed E-state index contributed by atoms with van der Waals surface area (Å²) in [4.78, 5) is 13.0. The molecule has 0 fully saturated rings. The van der Waals surface area contributed by atoms with Crippen molar-refractivity contribution in [1.82, 2.24) is 29.1 Å². The highest BCUT2D eigenvalue weighted by Gasteiger charge is 2.20. The van der Waals surface area contributed by atoms with E-state index in [2.05, 4.69) is 20.6 Å². The van der Waals surface area contributed by atoms with E-state index in [1.54, 1.807) is 17.2 Å². The Morgan fingerprint density at radius 3 is 2.50 bits per heavy atom. The number of carbonyl (C=O) groups excluding carboxylic acids is 1. The highest BCUT2D eigenvalue weighted by atomic mass is 16.1. The quantitative estimate of drug-likeness (QED) is 0.595. The van der Waals surface area contributed by atoms with Gasteiger partial charge in [0.05, 0.1) is 6.20 Å². The summed E-state index contributed by atoms with van der Waals surface area (Å²) < 4.78 is 5.57. The van der Waals surface area contributed by atoms with Gasteiger partial charge in [0.1, 0.15) is 17.7 Å². The third-order valence-electron chi connectivity index (χ3n) is 4.73. The number of hydrogen-bond acceptors (Lipinski definition) is 4. The van der Waals surface area contributed by atoms with Gasteiger partial charge in [-0.2, -0.15) is 5.10 Å². The minimum atomic E-state index is -0.217. The molecule has 0 bridgehead atoms. The monoisotopic (exact) mass is 375 g/mol. The molecule has 1 amide bonds. The van der Waals surface area contributed by atoms with Crippen molar-refractivity contribution in [3.8, 4) is 17.2 Å². The van der Waals surface area contributed by atoms with Crippen molar-refractivity contribution in [2.24, 2.45) is 14.1 Å². The van der Waals surface area contributed by atoms with E-state index in [9.17, 15) is 4.79 Å². The van der Waals surface area contributed by atoms with Gasteiger partial charge in [-0.25, -0.2) is 0 Å². The standard InChI is InChI=1S/C20H21N7O/c1-13-8-9-14(2)27(13)20-17(11-22-26(20)4)19(28)23-16-7-5-6-15(10-16)18-24-21-12-25(18)3/h5-12H,1-4H3,(H,23,28). The van der Waals surface area contributed by atoms with Gasteiger partial charge in [0.2, 0.25) is 0 Å². The lowest BCUT2D eigenvalue weighted by molar-refractivity contribution is 0.102. The van der Waals surface area contributed by atoms with Gasteiger partial charge in [0.25, 0.3) is 5.91 Å². The zero-order valence-electron chi connectivity index (χ0n) is 16.2. The summed E-state index contributed by atoms with van der Waals surface area (Å²) in [5.74, 6) is 1.25. The number of aromatic nitrogens is 6. The maximum absolute atomic E-state index is 13.0. The Balaban J connectivity index is 1.67. The van der Waals surface area contributed by atoms with Gasteiger partial charge in [0.15, 0.2) is 5.82 Å². The SMILES string of the molecule is Cc1ccc(C)n1-c1c(C(=O)Nc2cccc(-c3nncn3C)c2)cnn1C. The van der Waals surface area contributed by atoms with E-state index in [1.165, 1.54) is 0 Å². The normalized spacial score (nSPS) is 11.0. The summed E-state index contributed by atoms with van der Waals surface area (Å²) >= 11 is 0. The van der Waals surface area contributed by atoms with Crippen LogP contribution in [0.2, 0.25) is 0 Å². The first-order valence-electron chi connectivity index (χ1n) is 8.89. The molecule has 0 atom stereocenters. The topological polar surface area (TPSA) is 82.6 Å². The van der Waals surface area contributed by atoms with Gasteiger partial charge in [-0.3, -0.25) is 9.48 Å². The minimum absolute atomic E-state index is 0.217. The van der Waals surface area contributed by atoms with Crippen molar-refractivity contribution in [1.29, 1.82) is 0 Å². The second kappa shape index (κ2) is 6.80. The molecular weight excluding hydrogens is 354 g/mol. The Kier molecular flexibility index (Phi) is 4.31. The number of nitrogens with zero attached hydrogens (tertiary/aromatic N) is 6. The van der Waals surface area contributed by atoms with Crippen LogP contribution in [-0.2, 0) is 14.1 Å². The first-order valence-corrected chi connectivity index (χ1v) is 8.89. The Morgan fingerprint density at radius 2 is 1.82 bits per heavy atom. The van der Waals surface area contributed by atoms with Gasteiger partial charge in [0, 0.05) is 36.7 Å². The Hall–Kier alpha value is -3.68. The van der Waals surface area contributed by atoms with Crippen LogP contribution in [0.5, 0.6) is 0 Å². The highest BCUT2D eigenvalue weighted by molar-refractivity contribution is 6.06. The molecule has 4 aromatic rings. The zero-order chi connectivity index (χ0) is 19.8. The molecule has 3 heterocycles. The van der Waals surface area contributed by atoms with Crippen LogP contribution < -0.4 is 5.32 Å². The fourth-order valence-electron chi connectivity index (χ4n) is 3.34. The molecule has 0 aliphatic rings. The molecule has 4 rings (SSSR count). The zero-order valence-corrected chi connectivity index (χ0v) is 16.2. The van der Waals surface area contributed by atoms with Crippen LogP contribution in [0.25, 0.3) is 17.2 Å². The van der Waals surface area contributed by atoms with Crippen LogP contribution in [0.3, 0.4) is 0 Å². The Morgan fingerprint density at radius 1 is 1.07 bits per heavy atom. The van der Waals surface area contributed by atoms with Gasteiger partial charge < -0.3 is 14.5 Å². The van der Waals surface area contributed by atoms with Crippen LogP contribution in [0.15, 0.2) is 48.9 Å². The van der Waals surface area contributed by atoms with Crippen molar-refractivity contribution < 1.29 is 4.79 Å². The molecule has 1 aromatic carbocycles. The average Bonchev–Trinajstić information content (AvgIpc) is 3.35. The fraction of sp³-hybridized carbons (Fsp3) is 0.200. The van der Waals surface area contributed by atoms with Crippen molar-refractivity contribution in [3.63, 3.8) is 0 Å². The number of aryl methyl sites for hydroxylation is 4. The van der Waals surface area contributed by atoms with Gasteiger partial charge in [-0.05, 0) is 38.1 Å². The largest absolute Gasteiger partial charge is 0.322 e. The fourth-order valence-corrected chi connectivity index (χ4v) is 3.34. The maximum Gasteiger partial charge on any atom is 0.261 e. The van der Waals surface area contributed by atoms with Crippen molar-refractivity contribution in [3.05, 3.63) is 65.9 Å². The molecule has 8 nitrogen and oxygen atoms in total. The smallest absolute Gasteiger partial charge is 0.261 e. The first-order chi connectivity index (χ1) is 13.5. The van der Waals surface area contributed by atoms with E-state index in [-0.39, 0.29) is 5.91 Å². The second-order valence-electron chi connectivity index (χ2n) is 6.76. The predicted molar refractivity (Wildman–Crippen MR) is 106 cm³/mol. The van der Waals surface area contributed by atoms with Crippen LogP contribution in [0.4, 0.5) is 5.69 Å². The summed E-state index contributed by atoms with van der Waals surface area (Å²) in [5.41, 5.74) is 4.15. The van der Waals surface area contributed by atoms with Crippen LogP contribution in [0, 0.1) is 13.8 Å². The molecule has 0 unspecified atom stereocenters. The summed E-state index contributed by atoms with van der Waals surface area (Å²) in [6, 6.07) is 11.6. The maximum atomic E-state index is 13.0. The Labute approximate surface area is 162 Å². The molecule has 3 aromatic heterocycles. The van der Waals surface area contributed by atoms with E-state index in [4.69, 9.17) is 0 Å². The number of anilines is 1. The molecule has 8 heteroatoms. The average molecular weight is 375 g/mol. The lowest BCUT2D eigenvalue weighted by Crippen LogP contribution is -2.16. The van der Waals surface area contributed by atoms with E-state index < -0.39 is 0 Å². The molecule has 0 saturated heterocycles. The lowest BCUT2D eigenvalue weighted by Gasteiger charge is -2.13. The van der Waals surface area contributed by atoms with Crippen LogP contribution in [0.1, 0.15) is 21.7 Å². The number of hydrogen-bond donors (Lipinski definition) is 1. The number of benzene rings is 1. The van der Waals surface area contributed by atoms with E-state index >= 15 is 0 Å². The van der Waals surface area contributed by atoms with Crippen molar-refractivity contribution in [2.75, 3.05) is 5.32 Å². The number of nitrogens with one attached hydrogen (secondary N) is 1. The summed E-state index contributed by atoms with van der Waals surface area (Å²) in [7, 11) is 3.71. The molecule has 1 N–H and O–H groups in total. The molecule has 0 aliphatic carbocycles. The summed E-state index contributed by atoms with van der Waals surface area (Å²) in [5, 5.41) is 15.3. The molecule has 142 valence electrons. The molecule has 0 aliphatic heterocycles. The van der Waals surface area contributed by atoms with E-state index in [1.807, 2.05) is 73.5 Å². The number of amides is 1. The molecule has 0 spiro atoms. The summed E-state index contributed by atoms with van der Waals surface area (Å²) in [6.07, 6.45) is 3.24. The number of rotatable bonds is 4. The lowest BCUT2D eigenvalue weighted by atomic mass is 10.2. The van der Waals surface area contributed by atoms with Crippen molar-refractivity contribution >= 4 is 11.6 Å². The van der Waals surface area contributed by atoms with Gasteiger partial charge in [-0.15, -0.1) is 10.2 Å². The van der Waals surface area contributed by atoms with Crippen molar-refractivity contribution in [2.45, 2.75) is 13.8 Å². The molecule has 0 saturated carbocycles. The Bertz CT molecular complexity index is 1150. The minimum Gasteiger partial charge on any atom is -0.322 e. The highest BCUT2D eigenvalue weighted by Crippen LogP contribution is 2.23. The molecule has 0 radical (unpaired) electrons. The third kappa shape index (κ3) is 2.98. The van der Waals surface area contributed by atoms with Gasteiger partial charge >= 0.3 is 0 Å². The second-order valence-corrected chi connectivity index (χ2v) is 6.76.